The van der Waals surface area contributed by atoms with Crippen LogP contribution >= 0.6 is 0 Å². The Hall–Kier alpha value is -2.22. The van der Waals surface area contributed by atoms with Crippen LogP contribution in [-0.4, -0.2) is 17.0 Å². The number of rotatable bonds is 4. The maximum absolute atomic E-state index is 11.0. The normalized spacial score (nSPS) is 9.50. The molecule has 5 nitrogen and oxygen atoms in total. The number of aromatic carboxylic acids is 1. The van der Waals surface area contributed by atoms with E-state index in [-0.39, 0.29) is 24.4 Å². The quantitative estimate of drug-likeness (QED) is 0.741. The molecule has 0 aliphatic rings. The van der Waals surface area contributed by atoms with Crippen LogP contribution in [0.3, 0.4) is 0 Å². The number of aryl methyl sites for hydroxylation is 1. The predicted molar refractivity (Wildman–Crippen MR) is 55.7 cm³/mol. The lowest BCUT2D eigenvalue weighted by Gasteiger charge is -1.98. The molecule has 5 heteroatoms. The SMILES string of the molecule is C#CCC(=O)NCc1cc(C(=O)O)c(C)o1. The lowest BCUT2D eigenvalue weighted by Crippen LogP contribution is -2.21. The molecule has 84 valence electrons. The zero-order chi connectivity index (χ0) is 12.1. The minimum Gasteiger partial charge on any atom is -0.478 e. The molecule has 0 aliphatic carbocycles. The summed E-state index contributed by atoms with van der Waals surface area (Å²) >= 11 is 0. The van der Waals surface area contributed by atoms with E-state index in [1.165, 1.54) is 6.07 Å². The molecule has 0 saturated heterocycles. The van der Waals surface area contributed by atoms with Crippen LogP contribution in [0.5, 0.6) is 0 Å². The standard InChI is InChI=1S/C11H11NO4/c1-3-4-10(13)12-6-8-5-9(11(14)15)7(2)16-8/h1,5H,4,6H2,2H3,(H,12,13)(H,14,15). The van der Waals surface area contributed by atoms with E-state index in [0.29, 0.717) is 11.5 Å². The zero-order valence-corrected chi connectivity index (χ0v) is 8.74. The Labute approximate surface area is 92.4 Å². The van der Waals surface area contributed by atoms with E-state index in [4.69, 9.17) is 15.9 Å². The van der Waals surface area contributed by atoms with Crippen LogP contribution in [0, 0.1) is 19.3 Å². The number of hydrogen-bond donors (Lipinski definition) is 2. The fourth-order valence-electron chi connectivity index (χ4n) is 1.18. The van der Waals surface area contributed by atoms with Crippen molar-refractivity contribution in [3.05, 3.63) is 23.2 Å². The molecule has 1 amide bonds. The first kappa shape index (κ1) is 11.9. The van der Waals surface area contributed by atoms with Gasteiger partial charge in [-0.1, -0.05) is 5.92 Å². The van der Waals surface area contributed by atoms with Crippen LogP contribution in [0.1, 0.15) is 28.3 Å². The van der Waals surface area contributed by atoms with Crippen molar-refractivity contribution < 1.29 is 19.1 Å². The number of carboxylic acid groups (broad SMARTS) is 1. The fourth-order valence-corrected chi connectivity index (χ4v) is 1.18. The molecule has 1 aromatic rings. The van der Waals surface area contributed by atoms with Gasteiger partial charge in [-0.3, -0.25) is 4.79 Å². The number of carboxylic acids is 1. The van der Waals surface area contributed by atoms with Crippen molar-refractivity contribution >= 4 is 11.9 Å². The lowest BCUT2D eigenvalue weighted by atomic mass is 10.2. The summed E-state index contributed by atoms with van der Waals surface area (Å²) in [6.07, 6.45) is 4.95. The van der Waals surface area contributed by atoms with Gasteiger partial charge in [-0.15, -0.1) is 6.42 Å². The molecule has 0 saturated carbocycles. The number of nitrogens with one attached hydrogen (secondary N) is 1. The van der Waals surface area contributed by atoms with Gasteiger partial charge in [0, 0.05) is 0 Å². The average molecular weight is 221 g/mol. The molecule has 0 aromatic carbocycles. The van der Waals surface area contributed by atoms with Gasteiger partial charge in [-0.25, -0.2) is 4.79 Å². The van der Waals surface area contributed by atoms with Crippen LogP contribution in [0.2, 0.25) is 0 Å². The van der Waals surface area contributed by atoms with Crippen LogP contribution in [0.25, 0.3) is 0 Å². The zero-order valence-electron chi connectivity index (χ0n) is 8.74. The van der Waals surface area contributed by atoms with Gasteiger partial charge in [0.05, 0.1) is 13.0 Å². The number of terminal acetylenes is 1. The Kier molecular flexibility index (Phi) is 3.72. The predicted octanol–water partition coefficient (Wildman–Crippen LogP) is 0.926. The monoisotopic (exact) mass is 221 g/mol. The summed E-state index contributed by atoms with van der Waals surface area (Å²) in [5, 5.41) is 11.3. The third-order valence-electron chi connectivity index (χ3n) is 1.92. The summed E-state index contributed by atoms with van der Waals surface area (Å²) in [6.45, 7) is 1.69. The first-order valence-electron chi connectivity index (χ1n) is 4.57. The number of carbonyl (C=O) groups is 2. The Morgan fingerprint density at radius 2 is 2.31 bits per heavy atom. The summed E-state index contributed by atoms with van der Waals surface area (Å²) in [5.41, 5.74) is 0.0983. The highest BCUT2D eigenvalue weighted by molar-refractivity contribution is 5.88. The third kappa shape index (κ3) is 2.89. The van der Waals surface area contributed by atoms with Gasteiger partial charge >= 0.3 is 5.97 Å². The van der Waals surface area contributed by atoms with Crippen LogP contribution in [0.15, 0.2) is 10.5 Å². The minimum absolute atomic E-state index is 0.00845. The number of furan rings is 1. The minimum atomic E-state index is -1.05. The van der Waals surface area contributed by atoms with Crippen molar-refractivity contribution in [3.63, 3.8) is 0 Å². The second kappa shape index (κ2) is 5.03. The van der Waals surface area contributed by atoms with E-state index in [2.05, 4.69) is 11.2 Å². The highest BCUT2D eigenvalue weighted by Crippen LogP contribution is 2.14. The molecule has 0 bridgehead atoms. The van der Waals surface area contributed by atoms with E-state index in [1.807, 2.05) is 0 Å². The van der Waals surface area contributed by atoms with Crippen molar-refractivity contribution in [2.24, 2.45) is 0 Å². The van der Waals surface area contributed by atoms with Crippen molar-refractivity contribution in [1.29, 1.82) is 0 Å². The van der Waals surface area contributed by atoms with Gasteiger partial charge in [0.15, 0.2) is 0 Å². The second-order valence-electron chi connectivity index (χ2n) is 3.15. The molecule has 1 heterocycles. The van der Waals surface area contributed by atoms with E-state index in [9.17, 15) is 9.59 Å². The second-order valence-corrected chi connectivity index (χ2v) is 3.15. The molecule has 1 aromatic heterocycles. The molecule has 0 spiro atoms. The van der Waals surface area contributed by atoms with E-state index in [1.54, 1.807) is 6.92 Å². The van der Waals surface area contributed by atoms with Gasteiger partial charge in [-0.05, 0) is 13.0 Å². The summed E-state index contributed by atoms with van der Waals surface area (Å²) in [6, 6.07) is 1.38. The lowest BCUT2D eigenvalue weighted by molar-refractivity contribution is -0.120. The Bertz CT molecular complexity index is 453. The molecule has 0 atom stereocenters. The van der Waals surface area contributed by atoms with Crippen molar-refractivity contribution in [2.45, 2.75) is 19.9 Å². The largest absolute Gasteiger partial charge is 0.478 e. The smallest absolute Gasteiger partial charge is 0.339 e. The Balaban J connectivity index is 2.63. The maximum Gasteiger partial charge on any atom is 0.339 e. The summed E-state index contributed by atoms with van der Waals surface area (Å²) in [4.78, 5) is 21.7. The third-order valence-corrected chi connectivity index (χ3v) is 1.92. The number of carbonyl (C=O) groups excluding carboxylic acids is 1. The molecular formula is C11H11NO4. The molecule has 1 rings (SSSR count). The first-order chi connectivity index (χ1) is 7.54. The summed E-state index contributed by atoms with van der Waals surface area (Å²) in [5.74, 6) is 1.55. The van der Waals surface area contributed by atoms with Crippen LogP contribution < -0.4 is 5.32 Å². The molecule has 0 unspecified atom stereocenters. The molecular weight excluding hydrogens is 210 g/mol. The van der Waals surface area contributed by atoms with Gasteiger partial charge in [0.2, 0.25) is 5.91 Å². The highest BCUT2D eigenvalue weighted by Gasteiger charge is 2.13. The Morgan fingerprint density at radius 3 is 2.81 bits per heavy atom. The molecule has 2 N–H and O–H groups in total. The summed E-state index contributed by atoms with van der Waals surface area (Å²) < 4.78 is 5.16. The molecule has 0 aliphatic heterocycles. The average Bonchev–Trinajstić information content (AvgIpc) is 2.57. The van der Waals surface area contributed by atoms with Crippen molar-refractivity contribution in [3.8, 4) is 12.3 Å². The number of amides is 1. The summed E-state index contributed by atoms with van der Waals surface area (Å²) in [7, 11) is 0. The Morgan fingerprint density at radius 1 is 1.62 bits per heavy atom. The fraction of sp³-hybridized carbons (Fsp3) is 0.273. The van der Waals surface area contributed by atoms with Gasteiger partial charge in [0.25, 0.3) is 0 Å². The van der Waals surface area contributed by atoms with Crippen LogP contribution in [0.4, 0.5) is 0 Å². The highest BCUT2D eigenvalue weighted by atomic mass is 16.4. The van der Waals surface area contributed by atoms with Crippen molar-refractivity contribution in [2.75, 3.05) is 0 Å². The number of hydrogen-bond acceptors (Lipinski definition) is 3. The van der Waals surface area contributed by atoms with Crippen molar-refractivity contribution in [1.82, 2.24) is 5.32 Å². The maximum atomic E-state index is 11.0. The van der Waals surface area contributed by atoms with E-state index >= 15 is 0 Å². The molecule has 0 radical (unpaired) electrons. The topological polar surface area (TPSA) is 79.5 Å². The first-order valence-corrected chi connectivity index (χ1v) is 4.57. The molecule has 16 heavy (non-hydrogen) atoms. The van der Waals surface area contributed by atoms with E-state index < -0.39 is 5.97 Å². The van der Waals surface area contributed by atoms with Crippen LogP contribution in [-0.2, 0) is 11.3 Å². The van der Waals surface area contributed by atoms with Gasteiger partial charge in [-0.2, -0.15) is 0 Å². The van der Waals surface area contributed by atoms with E-state index in [0.717, 1.165) is 0 Å². The van der Waals surface area contributed by atoms with Gasteiger partial charge < -0.3 is 14.8 Å². The molecule has 0 fully saturated rings. The van der Waals surface area contributed by atoms with Gasteiger partial charge in [0.1, 0.15) is 17.1 Å².